The van der Waals surface area contributed by atoms with E-state index in [-0.39, 0.29) is 19.0 Å². The maximum atomic E-state index is 13.9. The highest BCUT2D eigenvalue weighted by molar-refractivity contribution is 6.37. The van der Waals surface area contributed by atoms with Crippen molar-refractivity contribution in [1.82, 2.24) is 25.9 Å². The van der Waals surface area contributed by atoms with Gasteiger partial charge in [0.25, 0.3) is 5.91 Å². The highest BCUT2D eigenvalue weighted by Crippen LogP contribution is 2.37. The lowest BCUT2D eigenvalue weighted by Gasteiger charge is -2.45. The SMILES string of the molecule is CC(C)(C)C(NC(=O)NC1(C2CCCN2O)CCCCC1)C(=O)N1CCC[C@H]1C(=O)NC(CCC(F)(F)F)C(=O)C(N)=O.CN. The Morgan fingerprint density at radius 3 is 2.04 bits per heavy atom. The van der Waals surface area contributed by atoms with Gasteiger partial charge in [-0.1, -0.05) is 40.0 Å². The van der Waals surface area contributed by atoms with Crippen molar-refractivity contribution in [2.45, 2.75) is 127 Å². The second-order valence-electron chi connectivity index (χ2n) is 13.1. The van der Waals surface area contributed by atoms with E-state index >= 15 is 0 Å². The van der Waals surface area contributed by atoms with Crippen LogP contribution in [-0.2, 0) is 19.2 Å². The average molecular weight is 650 g/mol. The summed E-state index contributed by atoms with van der Waals surface area (Å²) in [6.07, 6.45) is -0.661. The fourth-order valence-corrected chi connectivity index (χ4v) is 6.56. The largest absolute Gasteiger partial charge is 0.389 e. The Kier molecular flexibility index (Phi) is 13.6. The molecule has 3 unspecified atom stereocenters. The van der Waals surface area contributed by atoms with Gasteiger partial charge in [0.15, 0.2) is 0 Å². The number of hydrogen-bond acceptors (Lipinski definition) is 8. The van der Waals surface area contributed by atoms with Crippen molar-refractivity contribution in [3.8, 4) is 0 Å². The predicted octanol–water partition coefficient (Wildman–Crippen LogP) is 1.70. The molecule has 1 aliphatic carbocycles. The van der Waals surface area contributed by atoms with Crippen LogP contribution in [0.4, 0.5) is 18.0 Å². The van der Waals surface area contributed by atoms with Crippen LogP contribution in [0.15, 0.2) is 0 Å². The molecule has 0 aromatic rings. The summed E-state index contributed by atoms with van der Waals surface area (Å²) in [6.45, 7) is 5.92. The Morgan fingerprint density at radius 1 is 0.933 bits per heavy atom. The molecule has 0 spiro atoms. The van der Waals surface area contributed by atoms with E-state index in [0.717, 1.165) is 32.1 Å². The fraction of sp³-hybridized carbons (Fsp3) is 0.828. The van der Waals surface area contributed by atoms with Crippen LogP contribution in [0, 0.1) is 5.41 Å². The summed E-state index contributed by atoms with van der Waals surface area (Å²) in [5.74, 6) is -4.28. The minimum Gasteiger partial charge on any atom is -0.363 e. The van der Waals surface area contributed by atoms with Crippen LogP contribution in [0.3, 0.4) is 0 Å². The summed E-state index contributed by atoms with van der Waals surface area (Å²) in [7, 11) is 1.50. The van der Waals surface area contributed by atoms with Gasteiger partial charge < -0.3 is 37.5 Å². The monoisotopic (exact) mass is 649 g/mol. The Morgan fingerprint density at radius 2 is 1.53 bits per heavy atom. The number of halogens is 3. The van der Waals surface area contributed by atoms with Gasteiger partial charge in [0.2, 0.25) is 17.6 Å². The Hall–Kier alpha value is -2.98. The molecule has 0 radical (unpaired) electrons. The van der Waals surface area contributed by atoms with Crippen LogP contribution < -0.4 is 27.4 Å². The molecule has 4 atom stereocenters. The molecular formula is C29H50F3N7O6. The number of hydrogen-bond donors (Lipinski definition) is 6. The van der Waals surface area contributed by atoms with Crippen molar-refractivity contribution < 1.29 is 42.4 Å². The van der Waals surface area contributed by atoms with Crippen LogP contribution in [0.5, 0.6) is 0 Å². The first kappa shape index (κ1) is 38.2. The first-order valence-corrected chi connectivity index (χ1v) is 15.6. The molecule has 258 valence electrons. The highest BCUT2D eigenvalue weighted by atomic mass is 19.4. The lowest BCUT2D eigenvalue weighted by Crippen LogP contribution is -2.65. The molecule has 3 rings (SSSR count). The van der Waals surface area contributed by atoms with E-state index in [2.05, 4.69) is 21.7 Å². The van der Waals surface area contributed by atoms with Crippen molar-refractivity contribution in [3.05, 3.63) is 0 Å². The number of carbonyl (C=O) groups is 5. The number of hydroxylamine groups is 2. The third-order valence-electron chi connectivity index (χ3n) is 8.79. The molecular weight excluding hydrogens is 599 g/mol. The van der Waals surface area contributed by atoms with Gasteiger partial charge in [-0.25, -0.2) is 4.79 Å². The number of likely N-dealkylation sites (tertiary alicyclic amines) is 1. The van der Waals surface area contributed by atoms with Crippen LogP contribution in [-0.4, -0.2) is 101 Å². The molecule has 45 heavy (non-hydrogen) atoms. The van der Waals surface area contributed by atoms with Crippen molar-refractivity contribution in [2.24, 2.45) is 16.9 Å². The molecule has 2 aliphatic heterocycles. The molecule has 8 N–H and O–H groups in total. The van der Waals surface area contributed by atoms with E-state index in [4.69, 9.17) is 5.73 Å². The molecule has 2 heterocycles. The van der Waals surface area contributed by atoms with Crippen molar-refractivity contribution in [2.75, 3.05) is 20.1 Å². The van der Waals surface area contributed by atoms with Crippen molar-refractivity contribution >= 4 is 29.5 Å². The molecule has 5 amide bonds. The summed E-state index contributed by atoms with van der Waals surface area (Å²) in [6, 6.07) is -4.82. The summed E-state index contributed by atoms with van der Waals surface area (Å²) in [4.78, 5) is 65.4. The van der Waals surface area contributed by atoms with Gasteiger partial charge in [-0.2, -0.15) is 18.2 Å². The minimum atomic E-state index is -4.63. The van der Waals surface area contributed by atoms with Gasteiger partial charge >= 0.3 is 12.2 Å². The van der Waals surface area contributed by atoms with Gasteiger partial charge in [0.1, 0.15) is 12.1 Å². The van der Waals surface area contributed by atoms with Gasteiger partial charge in [0.05, 0.1) is 17.6 Å². The number of ketones is 1. The zero-order valence-electron chi connectivity index (χ0n) is 26.7. The van der Waals surface area contributed by atoms with E-state index in [9.17, 15) is 42.4 Å². The number of amides is 5. The Balaban J connectivity index is 0.00000345. The number of rotatable bonds is 10. The Bertz CT molecular complexity index is 1060. The number of Topliss-reactive ketones (excluding diaryl/α,β-unsaturated/α-hetero) is 1. The number of alkyl halides is 3. The first-order valence-electron chi connectivity index (χ1n) is 15.6. The van der Waals surface area contributed by atoms with Gasteiger partial charge in [0, 0.05) is 19.5 Å². The summed E-state index contributed by atoms with van der Waals surface area (Å²) in [5.41, 5.74) is 8.03. The zero-order chi connectivity index (χ0) is 34.2. The molecule has 16 heteroatoms. The third-order valence-corrected chi connectivity index (χ3v) is 8.79. The second kappa shape index (κ2) is 16.0. The summed E-state index contributed by atoms with van der Waals surface area (Å²) >= 11 is 0. The molecule has 0 aromatic heterocycles. The van der Waals surface area contributed by atoms with Crippen LogP contribution >= 0.6 is 0 Å². The van der Waals surface area contributed by atoms with Crippen LogP contribution in [0.25, 0.3) is 0 Å². The molecule has 0 aromatic carbocycles. The molecule has 3 fully saturated rings. The van der Waals surface area contributed by atoms with Crippen LogP contribution in [0.2, 0.25) is 0 Å². The number of primary amides is 1. The van der Waals surface area contributed by atoms with E-state index in [1.165, 1.54) is 17.0 Å². The van der Waals surface area contributed by atoms with E-state index in [1.54, 1.807) is 20.8 Å². The Labute approximate surface area is 262 Å². The molecule has 2 saturated heterocycles. The summed E-state index contributed by atoms with van der Waals surface area (Å²) in [5, 5.41) is 19.9. The van der Waals surface area contributed by atoms with Gasteiger partial charge in [-0.15, -0.1) is 0 Å². The average Bonchev–Trinajstić information content (AvgIpc) is 3.63. The number of carbonyl (C=O) groups excluding carboxylic acids is 5. The molecule has 13 nitrogen and oxygen atoms in total. The number of urea groups is 1. The lowest BCUT2D eigenvalue weighted by molar-refractivity contribution is -0.146. The summed E-state index contributed by atoms with van der Waals surface area (Å²) < 4.78 is 38.5. The topological polar surface area (TPSA) is 200 Å². The van der Waals surface area contributed by atoms with Gasteiger partial charge in [-0.3, -0.25) is 19.2 Å². The third kappa shape index (κ3) is 10.3. The molecule has 3 aliphatic rings. The van der Waals surface area contributed by atoms with Crippen molar-refractivity contribution in [3.63, 3.8) is 0 Å². The van der Waals surface area contributed by atoms with Crippen LogP contribution in [0.1, 0.15) is 91.4 Å². The predicted molar refractivity (Wildman–Crippen MR) is 159 cm³/mol. The lowest BCUT2D eigenvalue weighted by atomic mass is 9.75. The first-order chi connectivity index (χ1) is 20.9. The number of nitrogens with two attached hydrogens (primary N) is 2. The quantitative estimate of drug-likeness (QED) is 0.192. The van der Waals surface area contributed by atoms with E-state index in [1.807, 2.05) is 0 Å². The van der Waals surface area contributed by atoms with E-state index in [0.29, 0.717) is 25.8 Å². The second-order valence-corrected chi connectivity index (χ2v) is 13.1. The smallest absolute Gasteiger partial charge is 0.363 e. The standard InChI is InChI=1S/C28H45F3N6O6.CH5N/c1-26(2,3)21(34-25(42)35-27(12-5-4-6-13-27)19-10-8-16-37(19)43)24(41)36-15-7-9-18(36)23(40)33-17(20(38)22(32)39)11-14-28(29,30)31;1-2/h17-19,21,43H,4-16H2,1-3H3,(H2,32,39)(H,33,40)(H2,34,35,42);2H2,1H3/t17?,18-,19?,21?;/m0./s1. The normalized spacial score (nSPS) is 23.3. The highest BCUT2D eigenvalue weighted by Gasteiger charge is 2.47. The van der Waals surface area contributed by atoms with Crippen molar-refractivity contribution in [1.29, 1.82) is 0 Å². The maximum absolute atomic E-state index is 13.9. The van der Waals surface area contributed by atoms with E-state index < -0.39 is 77.6 Å². The molecule has 0 bridgehead atoms. The minimum absolute atomic E-state index is 0.148. The fourth-order valence-electron chi connectivity index (χ4n) is 6.56. The maximum Gasteiger partial charge on any atom is 0.389 e. The number of nitrogens with one attached hydrogen (secondary N) is 3. The zero-order valence-corrected chi connectivity index (χ0v) is 26.7. The number of nitrogens with zero attached hydrogens (tertiary/aromatic N) is 2. The molecule has 1 saturated carbocycles. The van der Waals surface area contributed by atoms with Gasteiger partial charge in [-0.05, 0) is 57.4 Å².